The van der Waals surface area contributed by atoms with Crippen molar-refractivity contribution in [1.29, 1.82) is 0 Å². The molecule has 0 aliphatic carbocycles. The molecule has 0 bridgehead atoms. The van der Waals surface area contributed by atoms with Crippen molar-refractivity contribution in [2.45, 2.75) is 39.2 Å². The third-order valence-electron chi connectivity index (χ3n) is 5.37. The van der Waals surface area contributed by atoms with Gasteiger partial charge in [0.05, 0.1) is 13.2 Å². The fourth-order valence-corrected chi connectivity index (χ4v) is 3.58. The molecule has 0 atom stereocenters. The average Bonchev–Trinajstić information content (AvgIpc) is 3.22. The highest BCUT2D eigenvalue weighted by Gasteiger charge is 2.11. The molecule has 0 aromatic heterocycles. The van der Waals surface area contributed by atoms with Crippen LogP contribution in [0.2, 0.25) is 0 Å². The molecule has 0 spiro atoms. The fourth-order valence-electron chi connectivity index (χ4n) is 3.58. The summed E-state index contributed by atoms with van der Waals surface area (Å²) in [5.41, 5.74) is 5.13. The summed E-state index contributed by atoms with van der Waals surface area (Å²) in [6.45, 7) is 7.19. The van der Waals surface area contributed by atoms with E-state index in [4.69, 9.17) is 4.74 Å². The van der Waals surface area contributed by atoms with Gasteiger partial charge >= 0.3 is 0 Å². The minimum Gasteiger partial charge on any atom is -0.376 e. The predicted molar refractivity (Wildman–Crippen MR) is 113 cm³/mol. The van der Waals surface area contributed by atoms with Crippen LogP contribution in [-0.4, -0.2) is 43.6 Å². The molecule has 150 valence electrons. The van der Waals surface area contributed by atoms with Crippen LogP contribution >= 0.6 is 0 Å². The lowest BCUT2D eigenvalue weighted by Gasteiger charge is -2.14. The van der Waals surface area contributed by atoms with E-state index in [9.17, 15) is 4.79 Å². The summed E-state index contributed by atoms with van der Waals surface area (Å²) in [5.74, 6) is 0.0766. The molecule has 0 unspecified atom stereocenters. The van der Waals surface area contributed by atoms with E-state index in [0.29, 0.717) is 19.6 Å². The van der Waals surface area contributed by atoms with Crippen LogP contribution in [0, 0.1) is 6.92 Å². The molecule has 2 aromatic carbocycles. The molecular weight excluding hydrogens is 348 g/mol. The molecule has 2 aromatic rings. The Morgan fingerprint density at radius 1 is 1.04 bits per heavy atom. The van der Waals surface area contributed by atoms with Crippen molar-refractivity contribution in [2.75, 3.05) is 32.8 Å². The Morgan fingerprint density at radius 3 is 2.50 bits per heavy atom. The average molecular weight is 381 g/mol. The standard InChI is InChI=1S/C24H32N2O2/c1-20-6-2-3-7-23(20)18-21-8-10-22(11-9-21)19-28-17-12-24(27)25-13-16-26-14-4-5-15-26/h2-3,6-11H,4-5,12-19H2,1H3,(H,25,27). The van der Waals surface area contributed by atoms with Gasteiger partial charge in [0.2, 0.25) is 5.91 Å². The summed E-state index contributed by atoms with van der Waals surface area (Å²) in [4.78, 5) is 14.3. The predicted octanol–water partition coefficient (Wildman–Crippen LogP) is 3.70. The van der Waals surface area contributed by atoms with E-state index in [1.54, 1.807) is 0 Å². The van der Waals surface area contributed by atoms with E-state index >= 15 is 0 Å². The number of hydrogen-bond acceptors (Lipinski definition) is 3. The molecule has 1 saturated heterocycles. The first kappa shape index (κ1) is 20.6. The molecule has 0 saturated carbocycles. The Morgan fingerprint density at radius 2 is 1.75 bits per heavy atom. The first-order valence-electron chi connectivity index (χ1n) is 10.4. The van der Waals surface area contributed by atoms with Crippen molar-refractivity contribution < 1.29 is 9.53 Å². The Labute approximate surface area is 168 Å². The van der Waals surface area contributed by atoms with Gasteiger partial charge in [-0.05, 0) is 61.5 Å². The number of hydrogen-bond donors (Lipinski definition) is 1. The third kappa shape index (κ3) is 6.77. The summed E-state index contributed by atoms with van der Waals surface area (Å²) in [7, 11) is 0. The van der Waals surface area contributed by atoms with Gasteiger partial charge in [-0.15, -0.1) is 0 Å². The largest absolute Gasteiger partial charge is 0.376 e. The van der Waals surface area contributed by atoms with Crippen LogP contribution in [-0.2, 0) is 22.6 Å². The number of ether oxygens (including phenoxy) is 1. The number of benzene rings is 2. The van der Waals surface area contributed by atoms with Crippen LogP contribution < -0.4 is 5.32 Å². The topological polar surface area (TPSA) is 41.6 Å². The van der Waals surface area contributed by atoms with Crippen LogP contribution in [0.1, 0.15) is 41.5 Å². The lowest BCUT2D eigenvalue weighted by molar-refractivity contribution is -0.122. The molecular formula is C24H32N2O2. The van der Waals surface area contributed by atoms with E-state index in [1.165, 1.54) is 42.6 Å². The Bertz CT molecular complexity index is 737. The van der Waals surface area contributed by atoms with Gasteiger partial charge in [0.25, 0.3) is 0 Å². The minimum absolute atomic E-state index is 0.0766. The maximum absolute atomic E-state index is 11.9. The lowest BCUT2D eigenvalue weighted by atomic mass is 10.00. The first-order chi connectivity index (χ1) is 13.7. The molecule has 1 aliphatic heterocycles. The van der Waals surface area contributed by atoms with Crippen LogP contribution in [0.25, 0.3) is 0 Å². The highest BCUT2D eigenvalue weighted by Crippen LogP contribution is 2.14. The van der Waals surface area contributed by atoms with Crippen molar-refractivity contribution in [2.24, 2.45) is 0 Å². The molecule has 1 N–H and O–H groups in total. The zero-order valence-electron chi connectivity index (χ0n) is 17.0. The molecule has 28 heavy (non-hydrogen) atoms. The minimum atomic E-state index is 0.0766. The van der Waals surface area contributed by atoms with Gasteiger partial charge in [-0.3, -0.25) is 4.79 Å². The van der Waals surface area contributed by atoms with Crippen molar-refractivity contribution >= 4 is 5.91 Å². The van der Waals surface area contributed by atoms with Gasteiger partial charge in [-0.25, -0.2) is 0 Å². The highest BCUT2D eigenvalue weighted by molar-refractivity contribution is 5.75. The van der Waals surface area contributed by atoms with E-state index in [-0.39, 0.29) is 5.91 Å². The monoisotopic (exact) mass is 380 g/mol. The van der Waals surface area contributed by atoms with Gasteiger partial charge in [-0.1, -0.05) is 48.5 Å². The maximum atomic E-state index is 11.9. The van der Waals surface area contributed by atoms with Gasteiger partial charge < -0.3 is 15.0 Å². The highest BCUT2D eigenvalue weighted by atomic mass is 16.5. The summed E-state index contributed by atoms with van der Waals surface area (Å²) in [5, 5.41) is 2.98. The van der Waals surface area contributed by atoms with Crippen molar-refractivity contribution in [3.63, 3.8) is 0 Å². The van der Waals surface area contributed by atoms with Crippen molar-refractivity contribution in [3.8, 4) is 0 Å². The number of carbonyl (C=O) groups is 1. The summed E-state index contributed by atoms with van der Waals surface area (Å²) in [6, 6.07) is 17.1. The number of carbonyl (C=O) groups excluding carboxylic acids is 1. The first-order valence-corrected chi connectivity index (χ1v) is 10.4. The third-order valence-corrected chi connectivity index (χ3v) is 5.37. The number of rotatable bonds is 10. The number of likely N-dealkylation sites (tertiary alicyclic amines) is 1. The van der Waals surface area contributed by atoms with Crippen molar-refractivity contribution in [3.05, 3.63) is 70.8 Å². The zero-order chi connectivity index (χ0) is 19.6. The van der Waals surface area contributed by atoms with Crippen LogP contribution in [0.5, 0.6) is 0 Å². The summed E-state index contributed by atoms with van der Waals surface area (Å²) < 4.78 is 5.68. The molecule has 3 rings (SSSR count). The molecule has 4 heteroatoms. The van der Waals surface area contributed by atoms with E-state index in [0.717, 1.165) is 25.1 Å². The summed E-state index contributed by atoms with van der Waals surface area (Å²) in [6.07, 6.45) is 3.94. The number of nitrogens with one attached hydrogen (secondary N) is 1. The number of nitrogens with zero attached hydrogens (tertiary/aromatic N) is 1. The fraction of sp³-hybridized carbons (Fsp3) is 0.458. The molecule has 0 radical (unpaired) electrons. The second-order valence-electron chi connectivity index (χ2n) is 7.62. The second-order valence-corrected chi connectivity index (χ2v) is 7.62. The number of amides is 1. The van der Waals surface area contributed by atoms with Crippen LogP contribution in [0.15, 0.2) is 48.5 Å². The molecule has 1 fully saturated rings. The lowest BCUT2D eigenvalue weighted by Crippen LogP contribution is -2.33. The van der Waals surface area contributed by atoms with Gasteiger partial charge in [-0.2, -0.15) is 0 Å². The molecule has 4 nitrogen and oxygen atoms in total. The Balaban J connectivity index is 1.30. The van der Waals surface area contributed by atoms with E-state index in [1.807, 2.05) is 0 Å². The zero-order valence-corrected chi connectivity index (χ0v) is 17.0. The SMILES string of the molecule is Cc1ccccc1Cc1ccc(COCCC(=O)NCCN2CCCC2)cc1. The van der Waals surface area contributed by atoms with Crippen molar-refractivity contribution in [1.82, 2.24) is 10.2 Å². The van der Waals surface area contributed by atoms with E-state index in [2.05, 4.69) is 65.7 Å². The number of aryl methyl sites for hydroxylation is 1. The maximum Gasteiger partial charge on any atom is 0.222 e. The molecule has 1 heterocycles. The smallest absolute Gasteiger partial charge is 0.222 e. The second kappa shape index (κ2) is 11.0. The van der Waals surface area contributed by atoms with Gasteiger partial charge in [0.1, 0.15) is 0 Å². The quantitative estimate of drug-likeness (QED) is 0.639. The van der Waals surface area contributed by atoms with Gasteiger partial charge in [0, 0.05) is 19.5 Å². The van der Waals surface area contributed by atoms with E-state index < -0.39 is 0 Å². The Hall–Kier alpha value is -2.17. The summed E-state index contributed by atoms with van der Waals surface area (Å²) >= 11 is 0. The normalized spacial score (nSPS) is 14.3. The van der Waals surface area contributed by atoms with Gasteiger partial charge in [0.15, 0.2) is 0 Å². The molecule has 1 aliphatic rings. The Kier molecular flexibility index (Phi) is 8.07. The van der Waals surface area contributed by atoms with Crippen LogP contribution in [0.3, 0.4) is 0 Å². The molecule has 1 amide bonds. The van der Waals surface area contributed by atoms with Crippen LogP contribution in [0.4, 0.5) is 0 Å².